The summed E-state index contributed by atoms with van der Waals surface area (Å²) in [4.78, 5) is 13.0. The second-order valence-corrected chi connectivity index (χ2v) is 8.70. The molecule has 0 aromatic heterocycles. The standard InChI is InChI=1S/C21H27FN2O3S/c1-5-19(16-9-7-15(3)8-10-16)23-21(25)20(6-2)24(28(4,26)27)18-13-11-17(22)12-14-18/h7-14,19-20H,5-6H2,1-4H3,(H,23,25)/t19-,20-/m1/s1. The van der Waals surface area contributed by atoms with Gasteiger partial charge in [0.05, 0.1) is 18.0 Å². The predicted molar refractivity (Wildman–Crippen MR) is 110 cm³/mol. The lowest BCUT2D eigenvalue weighted by molar-refractivity contribution is -0.123. The number of nitrogens with zero attached hydrogens (tertiary/aromatic N) is 1. The molecular formula is C21H27FN2O3S. The van der Waals surface area contributed by atoms with Gasteiger partial charge in [-0.1, -0.05) is 43.7 Å². The lowest BCUT2D eigenvalue weighted by Crippen LogP contribution is -2.50. The van der Waals surface area contributed by atoms with E-state index in [1.165, 1.54) is 24.3 Å². The van der Waals surface area contributed by atoms with Crippen LogP contribution in [0.1, 0.15) is 43.9 Å². The summed E-state index contributed by atoms with van der Waals surface area (Å²) in [6.45, 7) is 5.70. The third-order valence-electron chi connectivity index (χ3n) is 4.62. The second-order valence-electron chi connectivity index (χ2n) is 6.84. The van der Waals surface area contributed by atoms with Crippen LogP contribution in [0.5, 0.6) is 0 Å². The third-order valence-corrected chi connectivity index (χ3v) is 5.80. The highest BCUT2D eigenvalue weighted by Gasteiger charge is 2.32. The van der Waals surface area contributed by atoms with Crippen molar-refractivity contribution in [2.75, 3.05) is 10.6 Å². The molecule has 2 aromatic carbocycles. The molecule has 0 radical (unpaired) electrons. The second kappa shape index (κ2) is 9.19. The van der Waals surface area contributed by atoms with E-state index in [-0.39, 0.29) is 24.1 Å². The molecule has 0 spiro atoms. The first-order valence-corrected chi connectivity index (χ1v) is 11.1. The largest absolute Gasteiger partial charge is 0.347 e. The first kappa shape index (κ1) is 21.9. The van der Waals surface area contributed by atoms with Crippen LogP contribution in [0.25, 0.3) is 0 Å². The summed E-state index contributed by atoms with van der Waals surface area (Å²) in [6, 6.07) is 11.8. The van der Waals surface area contributed by atoms with E-state index < -0.39 is 21.9 Å². The molecule has 0 fully saturated rings. The molecule has 7 heteroatoms. The zero-order chi connectivity index (χ0) is 20.9. The number of aryl methyl sites for hydroxylation is 1. The van der Waals surface area contributed by atoms with Crippen LogP contribution in [0.4, 0.5) is 10.1 Å². The molecule has 1 amide bonds. The van der Waals surface area contributed by atoms with Crippen LogP contribution in [0.3, 0.4) is 0 Å². The Balaban J connectivity index is 2.32. The van der Waals surface area contributed by atoms with E-state index in [1.54, 1.807) is 6.92 Å². The van der Waals surface area contributed by atoms with E-state index in [9.17, 15) is 17.6 Å². The molecule has 152 valence electrons. The first-order valence-electron chi connectivity index (χ1n) is 9.29. The zero-order valence-corrected chi connectivity index (χ0v) is 17.5. The van der Waals surface area contributed by atoms with Gasteiger partial charge in [-0.15, -0.1) is 0 Å². The Morgan fingerprint density at radius 3 is 2.07 bits per heavy atom. The molecule has 2 aromatic rings. The molecule has 5 nitrogen and oxygen atoms in total. The molecule has 2 rings (SSSR count). The van der Waals surface area contributed by atoms with E-state index in [0.717, 1.165) is 21.7 Å². The highest BCUT2D eigenvalue weighted by Crippen LogP contribution is 2.24. The number of halogens is 1. The van der Waals surface area contributed by atoms with Gasteiger partial charge < -0.3 is 5.32 Å². The lowest BCUT2D eigenvalue weighted by Gasteiger charge is -2.31. The van der Waals surface area contributed by atoms with Crippen molar-refractivity contribution in [1.82, 2.24) is 5.32 Å². The summed E-state index contributed by atoms with van der Waals surface area (Å²) in [5, 5.41) is 2.97. The van der Waals surface area contributed by atoms with Crippen molar-refractivity contribution in [3.8, 4) is 0 Å². The van der Waals surface area contributed by atoms with Crippen molar-refractivity contribution in [2.24, 2.45) is 0 Å². The van der Waals surface area contributed by atoms with Crippen molar-refractivity contribution >= 4 is 21.6 Å². The summed E-state index contributed by atoms with van der Waals surface area (Å²) in [7, 11) is -3.75. The molecule has 0 bridgehead atoms. The SMILES string of the molecule is CC[C@H](C(=O)N[C@H](CC)c1ccc(C)cc1)N(c1ccc(F)cc1)S(C)(=O)=O. The fraction of sp³-hybridized carbons (Fsp3) is 0.381. The molecule has 28 heavy (non-hydrogen) atoms. The Hall–Kier alpha value is -2.41. The number of carbonyl (C=O) groups excluding carboxylic acids is 1. The maximum Gasteiger partial charge on any atom is 0.244 e. The molecule has 0 saturated carbocycles. The fourth-order valence-corrected chi connectivity index (χ4v) is 4.35. The molecular weight excluding hydrogens is 379 g/mol. The molecule has 0 unspecified atom stereocenters. The van der Waals surface area contributed by atoms with Gasteiger partial charge >= 0.3 is 0 Å². The maximum atomic E-state index is 13.3. The van der Waals surface area contributed by atoms with Gasteiger partial charge in [-0.25, -0.2) is 12.8 Å². The van der Waals surface area contributed by atoms with Crippen LogP contribution in [-0.4, -0.2) is 26.6 Å². The number of benzene rings is 2. The number of nitrogens with one attached hydrogen (secondary N) is 1. The average Bonchev–Trinajstić information content (AvgIpc) is 2.64. The van der Waals surface area contributed by atoms with Crippen LogP contribution in [0, 0.1) is 12.7 Å². The van der Waals surface area contributed by atoms with Crippen molar-refractivity contribution < 1.29 is 17.6 Å². The highest BCUT2D eigenvalue weighted by molar-refractivity contribution is 7.92. The molecule has 1 N–H and O–H groups in total. The van der Waals surface area contributed by atoms with E-state index >= 15 is 0 Å². The monoisotopic (exact) mass is 406 g/mol. The maximum absolute atomic E-state index is 13.3. The summed E-state index contributed by atoms with van der Waals surface area (Å²) in [5.41, 5.74) is 2.34. The lowest BCUT2D eigenvalue weighted by atomic mass is 10.0. The molecule has 0 heterocycles. The Morgan fingerprint density at radius 1 is 1.04 bits per heavy atom. The van der Waals surface area contributed by atoms with Crippen LogP contribution >= 0.6 is 0 Å². The number of carbonyl (C=O) groups is 1. The third kappa shape index (κ3) is 5.32. The summed E-state index contributed by atoms with van der Waals surface area (Å²) >= 11 is 0. The Kier molecular flexibility index (Phi) is 7.18. The van der Waals surface area contributed by atoms with Crippen molar-refractivity contribution in [3.05, 3.63) is 65.5 Å². The molecule has 0 saturated heterocycles. The normalized spacial score (nSPS) is 13.6. The average molecular weight is 407 g/mol. The minimum atomic E-state index is -3.75. The summed E-state index contributed by atoms with van der Waals surface area (Å²) in [6.07, 6.45) is 1.99. The van der Waals surface area contributed by atoms with Crippen molar-refractivity contribution in [1.29, 1.82) is 0 Å². The number of hydrogen-bond donors (Lipinski definition) is 1. The van der Waals surface area contributed by atoms with E-state index in [4.69, 9.17) is 0 Å². The quantitative estimate of drug-likeness (QED) is 0.722. The summed E-state index contributed by atoms with van der Waals surface area (Å²) in [5.74, 6) is -0.857. The summed E-state index contributed by atoms with van der Waals surface area (Å²) < 4.78 is 39.2. The van der Waals surface area contributed by atoms with Crippen LogP contribution in [0.15, 0.2) is 48.5 Å². The molecule has 0 aliphatic heterocycles. The number of hydrogen-bond acceptors (Lipinski definition) is 3. The minimum absolute atomic E-state index is 0.225. The van der Waals surface area contributed by atoms with Crippen molar-refractivity contribution in [3.63, 3.8) is 0 Å². The molecule has 2 atom stereocenters. The number of amides is 1. The van der Waals surface area contributed by atoms with E-state index in [0.29, 0.717) is 6.42 Å². The van der Waals surface area contributed by atoms with Gasteiger partial charge in [0, 0.05) is 0 Å². The fourth-order valence-electron chi connectivity index (χ4n) is 3.14. The predicted octanol–water partition coefficient (Wildman–Crippen LogP) is 3.95. The van der Waals surface area contributed by atoms with Gasteiger partial charge in [0.2, 0.25) is 15.9 Å². The van der Waals surface area contributed by atoms with Gasteiger partial charge in [-0.3, -0.25) is 9.10 Å². The Bertz CT molecular complexity index is 896. The van der Waals surface area contributed by atoms with Gasteiger partial charge in [0.15, 0.2) is 0 Å². The highest BCUT2D eigenvalue weighted by atomic mass is 32.2. The number of anilines is 1. The van der Waals surface area contributed by atoms with Crippen LogP contribution < -0.4 is 9.62 Å². The molecule has 0 aliphatic rings. The number of rotatable bonds is 8. The van der Waals surface area contributed by atoms with Crippen LogP contribution in [0.2, 0.25) is 0 Å². The van der Waals surface area contributed by atoms with Gasteiger partial charge in [-0.05, 0) is 49.6 Å². The minimum Gasteiger partial charge on any atom is -0.347 e. The van der Waals surface area contributed by atoms with Gasteiger partial charge in [-0.2, -0.15) is 0 Å². The first-order chi connectivity index (χ1) is 13.2. The zero-order valence-electron chi connectivity index (χ0n) is 16.6. The number of sulfonamides is 1. The topological polar surface area (TPSA) is 66.5 Å². The van der Waals surface area contributed by atoms with E-state index in [1.807, 2.05) is 38.1 Å². The van der Waals surface area contributed by atoms with E-state index in [2.05, 4.69) is 5.32 Å². The Labute approximate surface area is 166 Å². The smallest absolute Gasteiger partial charge is 0.244 e. The van der Waals surface area contributed by atoms with Gasteiger partial charge in [0.25, 0.3) is 0 Å². The van der Waals surface area contributed by atoms with Crippen LogP contribution in [-0.2, 0) is 14.8 Å². The Morgan fingerprint density at radius 2 is 1.61 bits per heavy atom. The molecule has 0 aliphatic carbocycles. The van der Waals surface area contributed by atoms with Crippen molar-refractivity contribution in [2.45, 2.75) is 45.7 Å². The van der Waals surface area contributed by atoms with Gasteiger partial charge in [0.1, 0.15) is 11.9 Å².